The number of carboxylic acid groups (broad SMARTS) is 2. The van der Waals surface area contributed by atoms with E-state index in [0.29, 0.717) is 17.8 Å². The minimum atomic E-state index is -1.81. The van der Waals surface area contributed by atoms with Crippen LogP contribution in [-0.4, -0.2) is 87.0 Å². The number of anilines is 1. The number of amides is 2. The lowest BCUT2D eigenvalue weighted by Crippen LogP contribution is -2.71. The van der Waals surface area contributed by atoms with E-state index in [-0.39, 0.29) is 34.8 Å². The molecule has 2 aliphatic heterocycles. The van der Waals surface area contributed by atoms with E-state index >= 15 is 0 Å². The van der Waals surface area contributed by atoms with Crippen LogP contribution in [0.15, 0.2) is 52.5 Å². The van der Waals surface area contributed by atoms with Crippen LogP contribution >= 0.6 is 34.6 Å². The van der Waals surface area contributed by atoms with Gasteiger partial charge in [-0.25, -0.2) is 9.78 Å². The minimum absolute atomic E-state index is 0.00554. The van der Waals surface area contributed by atoms with Gasteiger partial charge in [0.05, 0.1) is 18.2 Å². The van der Waals surface area contributed by atoms with Gasteiger partial charge < -0.3 is 41.2 Å². The number of hydrogen-bond acceptors (Lipinski definition) is 15. The number of nitrogen functional groups attached to an aromatic ring is 2. The highest BCUT2D eigenvalue weighted by Crippen LogP contribution is 2.40. The molecule has 2 atom stereocenters. The average Bonchev–Trinajstić information content (AvgIpc) is 3.80. The molecule has 0 aromatic carbocycles. The fourth-order valence-corrected chi connectivity index (χ4v) is 7.56. The van der Waals surface area contributed by atoms with E-state index in [1.807, 2.05) is 29.1 Å². The fraction of sp³-hybridized carbons (Fsp3) is 0.286. The van der Waals surface area contributed by atoms with Crippen LogP contribution < -0.4 is 26.5 Å². The predicted octanol–water partition coefficient (Wildman–Crippen LogP) is -1.16. The average molecular weight is 726 g/mol. The van der Waals surface area contributed by atoms with Crippen LogP contribution in [0.25, 0.3) is 10.9 Å². The predicted molar refractivity (Wildman–Crippen MR) is 175 cm³/mol. The summed E-state index contributed by atoms with van der Waals surface area (Å²) in [6, 6.07) is 2.68. The summed E-state index contributed by atoms with van der Waals surface area (Å²) in [5, 5.41) is 38.2. The van der Waals surface area contributed by atoms with Gasteiger partial charge in [-0.05, 0) is 19.9 Å². The zero-order chi connectivity index (χ0) is 35.2. The summed E-state index contributed by atoms with van der Waals surface area (Å²) in [4.78, 5) is 65.0. The molecule has 49 heavy (non-hydrogen) atoms. The number of β-lactam (4-membered cyclic amide) rings is 1. The largest absolute Gasteiger partial charge is 0.543 e. The van der Waals surface area contributed by atoms with E-state index < -0.39 is 46.5 Å². The Labute approximate surface area is 288 Å². The lowest BCUT2D eigenvalue weighted by atomic mass is 10.0. The number of oxime groups is 1. The summed E-state index contributed by atoms with van der Waals surface area (Å²) in [5.41, 5.74) is 10.3. The number of nitrogens with one attached hydrogen (secondary N) is 2. The van der Waals surface area contributed by atoms with Gasteiger partial charge in [-0.3, -0.25) is 19.9 Å². The second-order valence-corrected chi connectivity index (χ2v) is 14.2. The first-order chi connectivity index (χ1) is 23.2. The fourth-order valence-electron chi connectivity index (χ4n) is 4.99. The Morgan fingerprint density at radius 3 is 2.73 bits per heavy atom. The third-order valence-electron chi connectivity index (χ3n) is 7.56. The van der Waals surface area contributed by atoms with E-state index in [1.165, 1.54) is 36.9 Å². The standard InChI is InChI=1S/C28H27N11O7S3/c1-28(2,26(44)45)46-35-17(21-34-27(31)49-36-21)22(40)33-18-23(41)39-19(25(42)43)13(10-48-24(18)39)7-37-5-3-12-4-6-38(15(12)8-37)9-16-32-14(11-47-16)20(29)30/h3-6,8,11,18,24H,7,9-10H2,1-2H3,(H7-,29,30,31,33,34,36,40,42,43,44,45)/b35-17-/t18-,24-/m1/s1. The highest BCUT2D eigenvalue weighted by atomic mass is 32.2. The Balaban J connectivity index is 1.21. The van der Waals surface area contributed by atoms with E-state index in [4.69, 9.17) is 21.7 Å². The zero-order valence-corrected chi connectivity index (χ0v) is 28.1. The molecule has 1 saturated heterocycles. The molecule has 0 saturated carbocycles. The Morgan fingerprint density at radius 1 is 1.31 bits per heavy atom. The van der Waals surface area contributed by atoms with Crippen molar-refractivity contribution in [2.24, 2.45) is 10.9 Å². The molecule has 0 spiro atoms. The number of pyridine rings is 1. The Bertz CT molecular complexity index is 2100. The van der Waals surface area contributed by atoms with Gasteiger partial charge in [0, 0.05) is 45.9 Å². The van der Waals surface area contributed by atoms with Crippen molar-refractivity contribution in [1.29, 1.82) is 5.41 Å². The molecule has 0 aliphatic carbocycles. The quantitative estimate of drug-likeness (QED) is 0.0380. The Hall–Kier alpha value is -5.41. The van der Waals surface area contributed by atoms with Crippen molar-refractivity contribution in [1.82, 2.24) is 29.1 Å². The van der Waals surface area contributed by atoms with Crippen LogP contribution in [0.2, 0.25) is 0 Å². The molecule has 6 heterocycles. The number of carbonyl (C=O) groups is 4. The summed E-state index contributed by atoms with van der Waals surface area (Å²) in [6.45, 7) is 3.02. The molecule has 4 aromatic rings. The summed E-state index contributed by atoms with van der Waals surface area (Å²) in [6.07, 6.45) is 5.56. The van der Waals surface area contributed by atoms with Crippen molar-refractivity contribution < 1.29 is 38.8 Å². The molecule has 21 heteroatoms. The molecule has 7 N–H and O–H groups in total. The molecule has 2 aliphatic rings. The maximum Gasteiger partial charge on any atom is 0.350 e. The number of rotatable bonds is 12. The Morgan fingerprint density at radius 2 is 2.08 bits per heavy atom. The second-order valence-electron chi connectivity index (χ2n) is 11.3. The van der Waals surface area contributed by atoms with Gasteiger partial charge in [-0.2, -0.15) is 13.9 Å². The van der Waals surface area contributed by atoms with Gasteiger partial charge in [0.2, 0.25) is 17.1 Å². The van der Waals surface area contributed by atoms with Gasteiger partial charge in [0.15, 0.2) is 24.1 Å². The van der Waals surface area contributed by atoms with E-state index in [1.54, 1.807) is 16.1 Å². The molecule has 0 unspecified atom stereocenters. The number of aromatic nitrogens is 5. The number of nitrogens with two attached hydrogens (primary N) is 2. The first-order valence-electron chi connectivity index (χ1n) is 14.3. The van der Waals surface area contributed by atoms with Crippen LogP contribution in [0.3, 0.4) is 0 Å². The summed E-state index contributed by atoms with van der Waals surface area (Å²) >= 11 is 3.40. The van der Waals surface area contributed by atoms with Gasteiger partial charge in [-0.15, -0.1) is 23.1 Å². The molecule has 1 fully saturated rings. The number of amidine groups is 1. The normalized spacial score (nSPS) is 17.9. The van der Waals surface area contributed by atoms with Crippen molar-refractivity contribution in [3.05, 3.63) is 63.9 Å². The third kappa shape index (κ3) is 6.54. The van der Waals surface area contributed by atoms with E-state index in [9.17, 15) is 29.4 Å². The maximum absolute atomic E-state index is 13.4. The lowest BCUT2D eigenvalue weighted by molar-refractivity contribution is -0.687. The number of nitrogens with zero attached hydrogens (tertiary/aromatic N) is 7. The number of hydrogen-bond donors (Lipinski definition) is 5. The molecule has 4 aromatic heterocycles. The highest BCUT2D eigenvalue weighted by Gasteiger charge is 2.53. The van der Waals surface area contributed by atoms with Crippen molar-refractivity contribution >= 4 is 86.0 Å². The van der Waals surface area contributed by atoms with Crippen molar-refractivity contribution in [3.63, 3.8) is 0 Å². The number of thiazole rings is 1. The molecular weight excluding hydrogens is 699 g/mol. The number of carboxylic acids is 2. The number of carbonyl (C=O) groups excluding carboxylic acids is 3. The van der Waals surface area contributed by atoms with Crippen molar-refractivity contribution in [3.8, 4) is 0 Å². The molecule has 0 bridgehead atoms. The number of thioether (sulfide) groups is 1. The van der Waals surface area contributed by atoms with E-state index in [0.717, 1.165) is 32.3 Å². The number of fused-ring (bicyclic) bond motifs is 2. The second kappa shape index (κ2) is 12.9. The van der Waals surface area contributed by atoms with Crippen molar-refractivity contribution in [2.45, 2.75) is 44.0 Å². The molecule has 18 nitrogen and oxygen atoms in total. The van der Waals surface area contributed by atoms with Crippen LogP contribution in [0, 0.1) is 5.41 Å². The van der Waals surface area contributed by atoms with Crippen LogP contribution in [-0.2, 0) is 37.1 Å². The molecular formula is C28H27N11O7S3. The van der Waals surface area contributed by atoms with Gasteiger partial charge >= 0.3 is 5.97 Å². The third-order valence-corrected chi connectivity index (χ3v) is 10.3. The molecule has 254 valence electrons. The first-order valence-corrected chi connectivity index (χ1v) is 17.0. The first kappa shape index (κ1) is 33.5. The molecule has 0 radical (unpaired) electrons. The molecule has 2 amide bonds. The zero-order valence-electron chi connectivity index (χ0n) is 25.6. The highest BCUT2D eigenvalue weighted by molar-refractivity contribution is 8.00. The minimum Gasteiger partial charge on any atom is -0.543 e. The SMILES string of the molecule is CC(C)(O/N=C(\C(=O)N[C@@H]1C(=O)N2C(C(=O)[O-])=C(C[n+]3ccc4ccn(Cc5nc(C(=N)N)cs5)c4c3)CS[C@H]12)c1nsc(N)n1)C(=O)O. The monoisotopic (exact) mass is 725 g/mol. The van der Waals surface area contributed by atoms with Gasteiger partial charge in [0.25, 0.3) is 11.8 Å². The van der Waals surface area contributed by atoms with Crippen LogP contribution in [0.4, 0.5) is 5.13 Å². The van der Waals surface area contributed by atoms with Crippen LogP contribution in [0.1, 0.15) is 30.4 Å². The Kier molecular flexibility index (Phi) is 8.81. The van der Waals surface area contributed by atoms with Crippen molar-refractivity contribution in [2.75, 3.05) is 11.5 Å². The summed E-state index contributed by atoms with van der Waals surface area (Å²) in [7, 11) is 0. The van der Waals surface area contributed by atoms with Gasteiger partial charge in [-0.1, -0.05) is 5.16 Å². The maximum atomic E-state index is 13.4. The lowest BCUT2D eigenvalue weighted by Gasteiger charge is -2.50. The summed E-state index contributed by atoms with van der Waals surface area (Å²) < 4.78 is 7.72. The van der Waals surface area contributed by atoms with Gasteiger partial charge in [0.1, 0.15) is 33.5 Å². The molecule has 6 rings (SSSR count). The smallest absolute Gasteiger partial charge is 0.350 e. The van der Waals surface area contributed by atoms with E-state index in [2.05, 4.69) is 24.8 Å². The van der Waals surface area contributed by atoms with Crippen LogP contribution in [0.5, 0.6) is 0 Å². The number of aliphatic carboxylic acids is 2. The topological polar surface area (TPSA) is 272 Å². The summed E-state index contributed by atoms with van der Waals surface area (Å²) in [5.74, 6) is -4.68.